The Hall–Kier alpha value is -0.200. The molecule has 1 atom stereocenters. The molecule has 0 aliphatic carbocycles. The lowest BCUT2D eigenvalue weighted by Crippen LogP contribution is -2.07. The van der Waals surface area contributed by atoms with Crippen LogP contribution in [-0.4, -0.2) is 5.38 Å². The van der Waals surface area contributed by atoms with E-state index in [0.717, 1.165) is 23.4 Å². The van der Waals surface area contributed by atoms with Crippen LogP contribution in [0.5, 0.6) is 0 Å². The van der Waals surface area contributed by atoms with Crippen molar-refractivity contribution in [1.82, 2.24) is 0 Å². The zero-order chi connectivity index (χ0) is 10.6. The van der Waals surface area contributed by atoms with Crippen LogP contribution in [0, 0.1) is 5.92 Å². The molecule has 0 bridgehead atoms. The first-order chi connectivity index (χ1) is 6.59. The van der Waals surface area contributed by atoms with Gasteiger partial charge in [-0.05, 0) is 30.4 Å². The van der Waals surface area contributed by atoms with E-state index in [1.807, 2.05) is 24.3 Å². The van der Waals surface area contributed by atoms with Gasteiger partial charge in [0.05, 0.1) is 0 Å². The summed E-state index contributed by atoms with van der Waals surface area (Å²) in [6, 6.07) is 7.89. The van der Waals surface area contributed by atoms with Gasteiger partial charge in [0.1, 0.15) is 0 Å². The lowest BCUT2D eigenvalue weighted by atomic mass is 10.0. The molecule has 0 fully saturated rings. The van der Waals surface area contributed by atoms with Gasteiger partial charge in [0.2, 0.25) is 0 Å². The second kappa shape index (κ2) is 5.63. The van der Waals surface area contributed by atoms with Crippen molar-refractivity contribution in [2.24, 2.45) is 5.92 Å². The van der Waals surface area contributed by atoms with Gasteiger partial charge in [-0.1, -0.05) is 43.6 Å². The van der Waals surface area contributed by atoms with Gasteiger partial charge >= 0.3 is 0 Å². The first-order valence-corrected chi connectivity index (χ1v) is 5.78. The third kappa shape index (κ3) is 3.89. The molecule has 0 aromatic heterocycles. The topological polar surface area (TPSA) is 0 Å². The van der Waals surface area contributed by atoms with E-state index >= 15 is 0 Å². The number of alkyl halides is 1. The molecule has 2 heteroatoms. The Morgan fingerprint density at radius 2 is 1.86 bits per heavy atom. The summed E-state index contributed by atoms with van der Waals surface area (Å²) in [5.41, 5.74) is 1.15. The molecule has 0 spiro atoms. The third-order valence-electron chi connectivity index (χ3n) is 2.13. The molecule has 0 N–H and O–H groups in total. The molecule has 14 heavy (non-hydrogen) atoms. The van der Waals surface area contributed by atoms with Crippen molar-refractivity contribution >= 4 is 23.2 Å². The van der Waals surface area contributed by atoms with E-state index in [2.05, 4.69) is 13.8 Å². The Balaban J connectivity index is 2.56. The maximum atomic E-state index is 6.22. The number of hydrogen-bond acceptors (Lipinski definition) is 0. The van der Waals surface area contributed by atoms with Gasteiger partial charge < -0.3 is 0 Å². The Morgan fingerprint density at radius 1 is 1.21 bits per heavy atom. The van der Waals surface area contributed by atoms with Crippen LogP contribution in [0.2, 0.25) is 5.02 Å². The Bertz CT molecular complexity index is 281. The van der Waals surface area contributed by atoms with Crippen molar-refractivity contribution in [1.29, 1.82) is 0 Å². The Labute approximate surface area is 96.2 Å². The summed E-state index contributed by atoms with van der Waals surface area (Å²) in [5, 5.41) is 1.01. The summed E-state index contributed by atoms with van der Waals surface area (Å²) in [7, 11) is 0. The van der Waals surface area contributed by atoms with E-state index in [9.17, 15) is 0 Å². The van der Waals surface area contributed by atoms with E-state index in [-0.39, 0.29) is 5.38 Å². The standard InChI is InChI=1S/C12H16Cl2/c1-9(2)7-11(13)8-10-5-3-4-6-12(10)14/h3-6,9,11H,7-8H2,1-2H3. The third-order valence-corrected chi connectivity index (χ3v) is 2.83. The van der Waals surface area contributed by atoms with Crippen molar-refractivity contribution in [3.05, 3.63) is 34.9 Å². The molecule has 0 amide bonds. The predicted octanol–water partition coefficient (Wildman–Crippen LogP) is 4.54. The van der Waals surface area contributed by atoms with Crippen LogP contribution < -0.4 is 0 Å². The van der Waals surface area contributed by atoms with Gasteiger partial charge in [-0.2, -0.15) is 0 Å². The van der Waals surface area contributed by atoms with Crippen LogP contribution in [0.25, 0.3) is 0 Å². The van der Waals surface area contributed by atoms with Gasteiger partial charge in [0.15, 0.2) is 0 Å². The molecule has 0 saturated heterocycles. The monoisotopic (exact) mass is 230 g/mol. The second-order valence-corrected chi connectivity index (χ2v) is 5.05. The zero-order valence-corrected chi connectivity index (χ0v) is 10.1. The van der Waals surface area contributed by atoms with Crippen LogP contribution >= 0.6 is 23.2 Å². The average molecular weight is 231 g/mol. The van der Waals surface area contributed by atoms with Crippen molar-refractivity contribution in [2.75, 3.05) is 0 Å². The minimum atomic E-state index is 0.190. The summed E-state index contributed by atoms with van der Waals surface area (Å²) in [4.78, 5) is 0. The molecule has 1 unspecified atom stereocenters. The first-order valence-electron chi connectivity index (χ1n) is 4.97. The van der Waals surface area contributed by atoms with Gasteiger partial charge in [-0.3, -0.25) is 0 Å². The summed E-state index contributed by atoms with van der Waals surface area (Å²) >= 11 is 12.3. The highest BCUT2D eigenvalue weighted by Gasteiger charge is 2.09. The van der Waals surface area contributed by atoms with Crippen molar-refractivity contribution in [2.45, 2.75) is 32.1 Å². The highest BCUT2D eigenvalue weighted by atomic mass is 35.5. The Morgan fingerprint density at radius 3 is 2.43 bits per heavy atom. The van der Waals surface area contributed by atoms with Gasteiger partial charge in [-0.25, -0.2) is 0 Å². The van der Waals surface area contributed by atoms with Crippen molar-refractivity contribution in [3.8, 4) is 0 Å². The number of hydrogen-bond donors (Lipinski definition) is 0. The molecule has 1 aromatic carbocycles. The molecule has 0 saturated carbocycles. The van der Waals surface area contributed by atoms with Gasteiger partial charge in [0.25, 0.3) is 0 Å². The maximum Gasteiger partial charge on any atom is 0.0438 e. The minimum absolute atomic E-state index is 0.190. The van der Waals surface area contributed by atoms with E-state index in [0.29, 0.717) is 5.92 Å². The highest BCUT2D eigenvalue weighted by Crippen LogP contribution is 2.21. The van der Waals surface area contributed by atoms with E-state index in [1.165, 1.54) is 0 Å². The van der Waals surface area contributed by atoms with E-state index < -0.39 is 0 Å². The number of halogens is 2. The van der Waals surface area contributed by atoms with Crippen molar-refractivity contribution in [3.63, 3.8) is 0 Å². The molecular weight excluding hydrogens is 215 g/mol. The maximum absolute atomic E-state index is 6.22. The van der Waals surface area contributed by atoms with Crippen LogP contribution in [0.3, 0.4) is 0 Å². The molecule has 1 rings (SSSR count). The second-order valence-electron chi connectivity index (χ2n) is 4.02. The normalized spacial score (nSPS) is 13.2. The fraction of sp³-hybridized carbons (Fsp3) is 0.500. The van der Waals surface area contributed by atoms with Gasteiger partial charge in [-0.15, -0.1) is 11.6 Å². The summed E-state index contributed by atoms with van der Waals surface area (Å²) in [6.45, 7) is 4.37. The molecule has 0 aliphatic heterocycles. The summed E-state index contributed by atoms with van der Waals surface area (Å²) in [6.07, 6.45) is 1.90. The minimum Gasteiger partial charge on any atom is -0.123 e. The van der Waals surface area contributed by atoms with Gasteiger partial charge in [0, 0.05) is 10.4 Å². The molecular formula is C12H16Cl2. The molecule has 78 valence electrons. The van der Waals surface area contributed by atoms with E-state index in [4.69, 9.17) is 23.2 Å². The lowest BCUT2D eigenvalue weighted by molar-refractivity contribution is 0.561. The average Bonchev–Trinajstić information content (AvgIpc) is 2.07. The smallest absolute Gasteiger partial charge is 0.0438 e. The molecule has 0 radical (unpaired) electrons. The number of benzene rings is 1. The quantitative estimate of drug-likeness (QED) is 0.667. The molecule has 0 heterocycles. The molecule has 0 aliphatic rings. The highest BCUT2D eigenvalue weighted by molar-refractivity contribution is 6.31. The number of rotatable bonds is 4. The summed E-state index contributed by atoms with van der Waals surface area (Å²) in [5.74, 6) is 0.639. The van der Waals surface area contributed by atoms with Crippen molar-refractivity contribution < 1.29 is 0 Å². The van der Waals surface area contributed by atoms with Crippen LogP contribution in [-0.2, 0) is 6.42 Å². The van der Waals surface area contributed by atoms with Crippen LogP contribution in [0.15, 0.2) is 24.3 Å². The largest absolute Gasteiger partial charge is 0.123 e. The molecule has 1 aromatic rings. The lowest BCUT2D eigenvalue weighted by Gasteiger charge is -2.12. The summed E-state index contributed by atoms with van der Waals surface area (Å²) < 4.78 is 0. The van der Waals surface area contributed by atoms with Crippen LogP contribution in [0.4, 0.5) is 0 Å². The predicted molar refractivity (Wildman–Crippen MR) is 64.3 cm³/mol. The fourth-order valence-electron chi connectivity index (χ4n) is 1.50. The fourth-order valence-corrected chi connectivity index (χ4v) is 2.23. The van der Waals surface area contributed by atoms with Crippen LogP contribution in [0.1, 0.15) is 25.8 Å². The first kappa shape index (κ1) is 11.9. The Kier molecular flexibility index (Phi) is 4.77. The van der Waals surface area contributed by atoms with E-state index in [1.54, 1.807) is 0 Å². The molecule has 0 nitrogen and oxygen atoms in total. The SMILES string of the molecule is CC(C)CC(Cl)Cc1ccccc1Cl. The zero-order valence-electron chi connectivity index (χ0n) is 8.63.